The Hall–Kier alpha value is -0.200. The summed E-state index contributed by atoms with van der Waals surface area (Å²) in [5.74, 6) is -0.808. The molecule has 0 saturated carbocycles. The van der Waals surface area contributed by atoms with Crippen molar-refractivity contribution in [1.29, 1.82) is 0 Å². The van der Waals surface area contributed by atoms with Crippen molar-refractivity contribution in [1.82, 2.24) is 0 Å². The van der Waals surface area contributed by atoms with E-state index in [9.17, 15) is 0 Å². The van der Waals surface area contributed by atoms with Gasteiger partial charge in [-0.25, -0.2) is 0 Å². The lowest BCUT2D eigenvalue weighted by molar-refractivity contribution is -0.404. The van der Waals surface area contributed by atoms with Crippen molar-refractivity contribution >= 4 is 0 Å². The zero-order valence-electron chi connectivity index (χ0n) is 19.2. The highest BCUT2D eigenvalue weighted by Gasteiger charge is 2.43. The van der Waals surface area contributed by atoms with Gasteiger partial charge in [-0.05, 0) is 40.0 Å². The maximum Gasteiger partial charge on any atom is 0.285 e. The minimum atomic E-state index is -0.964. The monoisotopic (exact) mass is 402 g/mol. The summed E-state index contributed by atoms with van der Waals surface area (Å²) < 4.78 is 30.0. The molecular formula is C23H46O5. The molecule has 1 fully saturated rings. The molecule has 3 unspecified atom stereocenters. The van der Waals surface area contributed by atoms with Gasteiger partial charge in [0.15, 0.2) is 0 Å². The van der Waals surface area contributed by atoms with E-state index in [0.717, 1.165) is 38.7 Å². The van der Waals surface area contributed by atoms with E-state index in [1.807, 2.05) is 20.8 Å². The second-order valence-electron chi connectivity index (χ2n) is 7.74. The molecule has 5 nitrogen and oxygen atoms in total. The van der Waals surface area contributed by atoms with Gasteiger partial charge in [0.2, 0.25) is 0 Å². The minimum Gasteiger partial charge on any atom is -0.375 e. The summed E-state index contributed by atoms with van der Waals surface area (Å²) in [6.07, 6.45) is 10.8. The predicted octanol–water partition coefficient (Wildman–Crippen LogP) is 5.70. The molecule has 0 aromatic heterocycles. The number of unbranched alkanes of at least 4 members (excludes halogenated alkanes) is 4. The lowest BCUT2D eigenvalue weighted by Gasteiger charge is -2.40. The first kappa shape index (κ1) is 25.8. The highest BCUT2D eigenvalue weighted by Crippen LogP contribution is 2.35. The average molecular weight is 403 g/mol. The van der Waals surface area contributed by atoms with Crippen molar-refractivity contribution in [2.75, 3.05) is 33.0 Å². The van der Waals surface area contributed by atoms with E-state index < -0.39 is 5.97 Å². The fraction of sp³-hybridized carbons (Fsp3) is 1.00. The van der Waals surface area contributed by atoms with E-state index in [1.54, 1.807) is 0 Å². The third kappa shape index (κ3) is 10.0. The highest BCUT2D eigenvalue weighted by molar-refractivity contribution is 4.78. The lowest BCUT2D eigenvalue weighted by Crippen LogP contribution is -2.48. The Kier molecular flexibility index (Phi) is 14.4. The Morgan fingerprint density at radius 2 is 1.43 bits per heavy atom. The van der Waals surface area contributed by atoms with Crippen molar-refractivity contribution in [3.8, 4) is 0 Å². The first-order chi connectivity index (χ1) is 13.7. The van der Waals surface area contributed by atoms with Gasteiger partial charge < -0.3 is 23.7 Å². The van der Waals surface area contributed by atoms with E-state index in [0.29, 0.717) is 32.5 Å². The van der Waals surface area contributed by atoms with Gasteiger partial charge >= 0.3 is 0 Å². The van der Waals surface area contributed by atoms with Gasteiger partial charge in [-0.15, -0.1) is 0 Å². The second kappa shape index (κ2) is 15.6. The Morgan fingerprint density at radius 1 is 0.821 bits per heavy atom. The number of epoxide rings is 1. The van der Waals surface area contributed by atoms with Crippen molar-refractivity contribution in [3.63, 3.8) is 0 Å². The van der Waals surface area contributed by atoms with Crippen LogP contribution in [0.4, 0.5) is 0 Å². The van der Waals surface area contributed by atoms with Crippen LogP contribution in [-0.4, -0.2) is 51.2 Å². The van der Waals surface area contributed by atoms with Crippen molar-refractivity contribution in [2.24, 2.45) is 5.92 Å². The van der Waals surface area contributed by atoms with E-state index in [1.165, 1.54) is 25.7 Å². The van der Waals surface area contributed by atoms with Crippen LogP contribution in [0.1, 0.15) is 92.4 Å². The molecule has 0 N–H and O–H groups in total. The van der Waals surface area contributed by atoms with Crippen molar-refractivity contribution in [2.45, 2.75) is 111 Å². The lowest BCUT2D eigenvalue weighted by atomic mass is 9.90. The third-order valence-electron chi connectivity index (χ3n) is 5.29. The van der Waals surface area contributed by atoms with Crippen LogP contribution in [0.3, 0.4) is 0 Å². The Balaban J connectivity index is 2.85. The number of hydrogen-bond donors (Lipinski definition) is 0. The van der Waals surface area contributed by atoms with E-state index in [2.05, 4.69) is 13.8 Å². The third-order valence-corrected chi connectivity index (χ3v) is 5.29. The summed E-state index contributed by atoms with van der Waals surface area (Å²) in [6, 6.07) is 0. The molecule has 28 heavy (non-hydrogen) atoms. The maximum atomic E-state index is 6.29. The molecule has 1 heterocycles. The number of rotatable bonds is 20. The van der Waals surface area contributed by atoms with E-state index in [-0.39, 0.29) is 12.0 Å². The summed E-state index contributed by atoms with van der Waals surface area (Å²) in [4.78, 5) is 0. The molecule has 0 radical (unpaired) electrons. The number of hydrogen-bond acceptors (Lipinski definition) is 5. The van der Waals surface area contributed by atoms with Gasteiger partial charge in [0, 0.05) is 25.7 Å². The van der Waals surface area contributed by atoms with Gasteiger partial charge in [0.05, 0.1) is 19.3 Å². The molecular weight excluding hydrogens is 356 g/mol. The predicted molar refractivity (Wildman–Crippen MR) is 113 cm³/mol. The molecule has 1 aliphatic heterocycles. The van der Waals surface area contributed by atoms with Crippen LogP contribution in [0.25, 0.3) is 0 Å². The van der Waals surface area contributed by atoms with Gasteiger partial charge in [0.1, 0.15) is 6.10 Å². The fourth-order valence-electron chi connectivity index (χ4n) is 3.76. The Labute approximate surface area is 173 Å². The van der Waals surface area contributed by atoms with Crippen LogP contribution in [-0.2, 0) is 23.7 Å². The molecule has 3 atom stereocenters. The van der Waals surface area contributed by atoms with Crippen LogP contribution in [0.15, 0.2) is 0 Å². The van der Waals surface area contributed by atoms with Crippen LogP contribution in [0.5, 0.6) is 0 Å². The van der Waals surface area contributed by atoms with Crippen LogP contribution < -0.4 is 0 Å². The van der Waals surface area contributed by atoms with Gasteiger partial charge in [-0.2, -0.15) is 0 Å². The van der Waals surface area contributed by atoms with Gasteiger partial charge in [-0.1, -0.05) is 52.4 Å². The standard InChI is InChI=1S/C23H46O5/c1-6-11-13-14-16-21(24-18-22-19-25-22)17-20(15-12-7-2)23(26-8-3,27-9-4)28-10-5/h20-22H,6-19H2,1-5H3. The van der Waals surface area contributed by atoms with Gasteiger partial charge in [0.25, 0.3) is 5.97 Å². The summed E-state index contributed by atoms with van der Waals surface area (Å²) >= 11 is 0. The molecule has 5 heteroatoms. The summed E-state index contributed by atoms with van der Waals surface area (Å²) in [5.41, 5.74) is 0. The SMILES string of the molecule is CCCCCCC(CC(CCCC)C(OCC)(OCC)OCC)OCC1CO1. The fourth-order valence-corrected chi connectivity index (χ4v) is 3.76. The number of ether oxygens (including phenoxy) is 5. The summed E-state index contributed by atoms with van der Waals surface area (Å²) in [5, 5.41) is 0. The van der Waals surface area contributed by atoms with Crippen LogP contribution in [0.2, 0.25) is 0 Å². The molecule has 0 aliphatic carbocycles. The molecule has 0 bridgehead atoms. The normalized spacial score (nSPS) is 19.0. The molecule has 0 spiro atoms. The van der Waals surface area contributed by atoms with Crippen molar-refractivity contribution < 1.29 is 23.7 Å². The van der Waals surface area contributed by atoms with E-state index >= 15 is 0 Å². The minimum absolute atomic E-state index is 0.156. The topological polar surface area (TPSA) is 49.5 Å². The smallest absolute Gasteiger partial charge is 0.285 e. The van der Waals surface area contributed by atoms with Crippen molar-refractivity contribution in [3.05, 3.63) is 0 Å². The summed E-state index contributed by atoms with van der Waals surface area (Å²) in [7, 11) is 0. The Bertz CT molecular complexity index is 342. The maximum absolute atomic E-state index is 6.29. The summed E-state index contributed by atoms with van der Waals surface area (Å²) in [6.45, 7) is 13.7. The largest absolute Gasteiger partial charge is 0.375 e. The first-order valence-electron chi connectivity index (χ1n) is 11.8. The molecule has 0 aromatic carbocycles. The van der Waals surface area contributed by atoms with Gasteiger partial charge in [-0.3, -0.25) is 0 Å². The highest BCUT2D eigenvalue weighted by atomic mass is 16.9. The molecule has 0 amide bonds. The molecule has 1 rings (SSSR count). The second-order valence-corrected chi connectivity index (χ2v) is 7.74. The van der Waals surface area contributed by atoms with Crippen LogP contribution >= 0.6 is 0 Å². The Morgan fingerprint density at radius 3 is 1.93 bits per heavy atom. The average Bonchev–Trinajstić information content (AvgIpc) is 3.50. The zero-order chi connectivity index (χ0) is 20.7. The zero-order valence-corrected chi connectivity index (χ0v) is 19.2. The quantitative estimate of drug-likeness (QED) is 0.148. The van der Waals surface area contributed by atoms with E-state index in [4.69, 9.17) is 23.7 Å². The van der Waals surface area contributed by atoms with Crippen LogP contribution in [0, 0.1) is 5.92 Å². The molecule has 1 saturated heterocycles. The molecule has 0 aromatic rings. The first-order valence-corrected chi connectivity index (χ1v) is 11.8. The molecule has 168 valence electrons. The molecule has 1 aliphatic rings.